The number of H-pyrrole nitrogens is 1. The fraction of sp³-hybridized carbons (Fsp3) is 0.125. The van der Waals surface area contributed by atoms with E-state index < -0.39 is 17.7 Å². The fourth-order valence-electron chi connectivity index (χ4n) is 1.19. The van der Waals surface area contributed by atoms with Gasteiger partial charge in [0.05, 0.1) is 0 Å². The molecule has 5 nitrogen and oxygen atoms in total. The molecule has 0 aromatic carbocycles. The van der Waals surface area contributed by atoms with Crippen LogP contribution in [-0.4, -0.2) is 14.6 Å². The molecule has 0 aliphatic carbocycles. The van der Waals surface area contributed by atoms with Gasteiger partial charge in [-0.2, -0.15) is 5.26 Å². The zero-order chi connectivity index (χ0) is 11.0. The van der Waals surface area contributed by atoms with Crippen molar-refractivity contribution in [2.45, 2.75) is 6.43 Å². The van der Waals surface area contributed by atoms with Crippen LogP contribution in [0.2, 0.25) is 0 Å². The SMILES string of the molecule is N#Cc1c[nH]n2c(=O)cc(C(F)F)nc12. The number of aromatic amines is 1. The van der Waals surface area contributed by atoms with Crippen molar-refractivity contribution in [3.8, 4) is 6.07 Å². The highest BCUT2D eigenvalue weighted by atomic mass is 19.3. The number of hydrogen-bond donors (Lipinski definition) is 1. The predicted octanol–water partition coefficient (Wildman–Crippen LogP) is 0.832. The van der Waals surface area contributed by atoms with Gasteiger partial charge in [0.2, 0.25) is 0 Å². The summed E-state index contributed by atoms with van der Waals surface area (Å²) in [6.07, 6.45) is -1.59. The molecule has 0 radical (unpaired) electrons. The van der Waals surface area contributed by atoms with Crippen LogP contribution in [0.4, 0.5) is 8.78 Å². The molecule has 2 heterocycles. The Morgan fingerprint density at radius 3 is 2.93 bits per heavy atom. The Morgan fingerprint density at radius 1 is 1.60 bits per heavy atom. The molecular formula is C8H4F2N4O. The second-order valence-corrected chi connectivity index (χ2v) is 2.78. The van der Waals surface area contributed by atoms with Gasteiger partial charge in [-0.3, -0.25) is 9.89 Å². The van der Waals surface area contributed by atoms with E-state index in [2.05, 4.69) is 10.1 Å². The van der Waals surface area contributed by atoms with Gasteiger partial charge in [0.25, 0.3) is 12.0 Å². The molecule has 2 aromatic rings. The first-order valence-electron chi connectivity index (χ1n) is 3.93. The third kappa shape index (κ3) is 1.36. The van der Waals surface area contributed by atoms with E-state index in [0.29, 0.717) is 0 Å². The van der Waals surface area contributed by atoms with E-state index in [-0.39, 0.29) is 11.2 Å². The normalized spacial score (nSPS) is 10.8. The quantitative estimate of drug-likeness (QED) is 0.757. The van der Waals surface area contributed by atoms with E-state index >= 15 is 0 Å². The van der Waals surface area contributed by atoms with Crippen LogP contribution in [0, 0.1) is 11.3 Å². The van der Waals surface area contributed by atoms with Crippen LogP contribution in [-0.2, 0) is 0 Å². The lowest BCUT2D eigenvalue weighted by Gasteiger charge is -1.98. The zero-order valence-electron chi connectivity index (χ0n) is 7.24. The summed E-state index contributed by atoms with van der Waals surface area (Å²) in [6.45, 7) is 0. The van der Waals surface area contributed by atoms with Crippen molar-refractivity contribution >= 4 is 5.65 Å². The summed E-state index contributed by atoms with van der Waals surface area (Å²) in [6, 6.07) is 2.48. The average Bonchev–Trinajstić information content (AvgIpc) is 2.60. The molecule has 0 spiro atoms. The monoisotopic (exact) mass is 210 g/mol. The number of nitrogens with one attached hydrogen (secondary N) is 1. The molecule has 2 rings (SSSR count). The van der Waals surface area contributed by atoms with Gasteiger partial charge >= 0.3 is 0 Å². The van der Waals surface area contributed by atoms with Crippen molar-refractivity contribution in [2.75, 3.05) is 0 Å². The highest BCUT2D eigenvalue weighted by molar-refractivity contribution is 5.53. The fourth-order valence-corrected chi connectivity index (χ4v) is 1.19. The molecule has 0 bridgehead atoms. The van der Waals surface area contributed by atoms with Gasteiger partial charge in [-0.25, -0.2) is 18.3 Å². The number of hydrogen-bond acceptors (Lipinski definition) is 3. The average molecular weight is 210 g/mol. The lowest BCUT2D eigenvalue weighted by molar-refractivity contribution is 0.146. The molecule has 7 heteroatoms. The summed E-state index contributed by atoms with van der Waals surface area (Å²) >= 11 is 0. The minimum absolute atomic E-state index is 0.0506. The van der Waals surface area contributed by atoms with E-state index in [1.807, 2.05) is 0 Å². The van der Waals surface area contributed by atoms with E-state index in [1.54, 1.807) is 6.07 Å². The van der Waals surface area contributed by atoms with Gasteiger partial charge in [-0.15, -0.1) is 0 Å². The first-order chi connectivity index (χ1) is 7.13. The van der Waals surface area contributed by atoms with Crippen molar-refractivity contribution in [1.82, 2.24) is 14.6 Å². The Bertz CT molecular complexity index is 607. The Kier molecular flexibility index (Phi) is 1.97. The van der Waals surface area contributed by atoms with Gasteiger partial charge < -0.3 is 0 Å². The number of alkyl halides is 2. The zero-order valence-corrected chi connectivity index (χ0v) is 7.24. The van der Waals surface area contributed by atoms with E-state index in [9.17, 15) is 13.6 Å². The molecule has 0 aliphatic rings. The molecule has 0 unspecified atom stereocenters. The Hall–Kier alpha value is -2.23. The molecule has 0 saturated heterocycles. The number of nitriles is 1. The molecule has 15 heavy (non-hydrogen) atoms. The number of rotatable bonds is 1. The van der Waals surface area contributed by atoms with Crippen LogP contribution in [0.25, 0.3) is 5.65 Å². The second kappa shape index (κ2) is 3.16. The minimum Gasteiger partial charge on any atom is -0.295 e. The van der Waals surface area contributed by atoms with Crippen LogP contribution >= 0.6 is 0 Å². The van der Waals surface area contributed by atoms with Gasteiger partial charge in [0.15, 0.2) is 5.65 Å². The smallest absolute Gasteiger partial charge is 0.280 e. The van der Waals surface area contributed by atoms with Crippen molar-refractivity contribution in [1.29, 1.82) is 5.26 Å². The molecule has 0 amide bonds. The lowest BCUT2D eigenvalue weighted by atomic mass is 10.3. The van der Waals surface area contributed by atoms with Crippen molar-refractivity contribution in [3.63, 3.8) is 0 Å². The molecule has 76 valence electrons. The van der Waals surface area contributed by atoms with Gasteiger partial charge in [-0.05, 0) is 0 Å². The molecule has 0 saturated carbocycles. The number of halogens is 2. The highest BCUT2D eigenvalue weighted by Crippen LogP contribution is 2.15. The maximum absolute atomic E-state index is 12.3. The van der Waals surface area contributed by atoms with E-state index in [1.165, 1.54) is 6.20 Å². The van der Waals surface area contributed by atoms with Crippen molar-refractivity contribution in [3.05, 3.63) is 33.9 Å². The summed E-state index contributed by atoms with van der Waals surface area (Å²) in [4.78, 5) is 14.8. The third-order valence-electron chi connectivity index (χ3n) is 1.86. The highest BCUT2D eigenvalue weighted by Gasteiger charge is 2.14. The second-order valence-electron chi connectivity index (χ2n) is 2.78. The molecule has 0 atom stereocenters. The van der Waals surface area contributed by atoms with Crippen LogP contribution in [0.1, 0.15) is 17.7 Å². The Labute approximate surface area is 81.6 Å². The summed E-state index contributed by atoms with van der Waals surface area (Å²) in [5, 5.41) is 11.1. The first-order valence-corrected chi connectivity index (χ1v) is 3.93. The molecule has 2 aromatic heterocycles. The topological polar surface area (TPSA) is 73.9 Å². The van der Waals surface area contributed by atoms with Crippen molar-refractivity contribution in [2.24, 2.45) is 0 Å². The van der Waals surface area contributed by atoms with Crippen LogP contribution in [0.5, 0.6) is 0 Å². The van der Waals surface area contributed by atoms with Gasteiger partial charge in [0, 0.05) is 12.3 Å². The number of aromatic nitrogens is 3. The van der Waals surface area contributed by atoms with Crippen LogP contribution < -0.4 is 5.56 Å². The third-order valence-corrected chi connectivity index (χ3v) is 1.86. The maximum Gasteiger partial charge on any atom is 0.280 e. The van der Waals surface area contributed by atoms with Crippen molar-refractivity contribution < 1.29 is 8.78 Å². The summed E-state index contributed by atoms with van der Waals surface area (Å²) in [5.74, 6) is 0. The Balaban J connectivity index is 2.84. The first kappa shape index (κ1) is 9.33. The summed E-state index contributed by atoms with van der Waals surface area (Å²) < 4.78 is 25.6. The van der Waals surface area contributed by atoms with Crippen LogP contribution in [0.3, 0.4) is 0 Å². The number of nitrogens with zero attached hydrogens (tertiary/aromatic N) is 3. The van der Waals surface area contributed by atoms with E-state index in [4.69, 9.17) is 5.26 Å². The maximum atomic E-state index is 12.3. The lowest BCUT2D eigenvalue weighted by Crippen LogP contribution is -2.15. The summed E-state index contributed by atoms with van der Waals surface area (Å²) in [5.41, 5.74) is -1.33. The van der Waals surface area contributed by atoms with Crippen LogP contribution in [0.15, 0.2) is 17.1 Å². The largest absolute Gasteiger partial charge is 0.295 e. The van der Waals surface area contributed by atoms with Gasteiger partial charge in [0.1, 0.15) is 17.3 Å². The standard InChI is InChI=1S/C8H4F2N4O/c9-7(10)5-1-6(15)14-8(13-5)4(2-11)3-12-14/h1,3,7,12H. The predicted molar refractivity (Wildman–Crippen MR) is 45.5 cm³/mol. The Morgan fingerprint density at radius 2 is 2.33 bits per heavy atom. The number of fused-ring (bicyclic) bond motifs is 1. The minimum atomic E-state index is -2.83. The van der Waals surface area contributed by atoms with E-state index in [0.717, 1.165) is 10.6 Å². The molecule has 1 N–H and O–H groups in total. The molecule has 0 fully saturated rings. The summed E-state index contributed by atoms with van der Waals surface area (Å²) in [7, 11) is 0. The molecule has 0 aliphatic heterocycles. The molecular weight excluding hydrogens is 206 g/mol. The van der Waals surface area contributed by atoms with Gasteiger partial charge in [-0.1, -0.05) is 0 Å².